The van der Waals surface area contributed by atoms with E-state index in [2.05, 4.69) is 15.2 Å². The third-order valence-corrected chi connectivity index (χ3v) is 2.10. The Kier molecular flexibility index (Phi) is 2.43. The van der Waals surface area contributed by atoms with E-state index in [1.54, 1.807) is 17.5 Å². The quantitative estimate of drug-likeness (QED) is 0.802. The van der Waals surface area contributed by atoms with Gasteiger partial charge in [-0.25, -0.2) is 9.78 Å². The van der Waals surface area contributed by atoms with Crippen LogP contribution in [0.1, 0.15) is 12.7 Å². The standard InChI is InChI=1S/C9H10N4O3/c1-5(9(14)15)16-8-7-12-11-6(2)13(7)4-3-10-8/h3-5H,1-2H3,(H,14,15). The Hall–Kier alpha value is -2.18. The molecule has 0 saturated heterocycles. The molecule has 7 nitrogen and oxygen atoms in total. The van der Waals surface area contributed by atoms with Crippen LogP contribution in [0.15, 0.2) is 12.4 Å². The van der Waals surface area contributed by atoms with E-state index in [0.717, 1.165) is 0 Å². The Morgan fingerprint density at radius 1 is 1.56 bits per heavy atom. The SMILES string of the molecule is Cc1nnc2c(OC(C)C(=O)O)nccn12. The fraction of sp³-hybridized carbons (Fsp3) is 0.333. The summed E-state index contributed by atoms with van der Waals surface area (Å²) in [5, 5.41) is 16.4. The number of ether oxygens (including phenoxy) is 1. The molecule has 0 bridgehead atoms. The van der Waals surface area contributed by atoms with Crippen molar-refractivity contribution in [3.63, 3.8) is 0 Å². The van der Waals surface area contributed by atoms with Crippen molar-refractivity contribution < 1.29 is 14.6 Å². The van der Waals surface area contributed by atoms with E-state index < -0.39 is 12.1 Å². The highest BCUT2D eigenvalue weighted by Gasteiger charge is 2.16. The van der Waals surface area contributed by atoms with Crippen molar-refractivity contribution in [1.29, 1.82) is 0 Å². The molecule has 0 spiro atoms. The van der Waals surface area contributed by atoms with Crippen LogP contribution in [0.5, 0.6) is 5.88 Å². The molecule has 2 aromatic heterocycles. The maximum Gasteiger partial charge on any atom is 0.344 e. The predicted octanol–water partition coefficient (Wildman–Crippen LogP) is 0.285. The highest BCUT2D eigenvalue weighted by atomic mass is 16.5. The molecule has 2 aromatic rings. The number of carboxylic acids is 1. The summed E-state index contributed by atoms with van der Waals surface area (Å²) in [6, 6.07) is 0. The zero-order chi connectivity index (χ0) is 11.7. The van der Waals surface area contributed by atoms with Crippen LogP contribution < -0.4 is 4.74 Å². The monoisotopic (exact) mass is 222 g/mol. The van der Waals surface area contributed by atoms with Crippen molar-refractivity contribution in [2.24, 2.45) is 0 Å². The Morgan fingerprint density at radius 2 is 2.31 bits per heavy atom. The van der Waals surface area contributed by atoms with Crippen LogP contribution in [0, 0.1) is 6.92 Å². The molecule has 84 valence electrons. The molecule has 0 fully saturated rings. The van der Waals surface area contributed by atoms with Gasteiger partial charge in [0.1, 0.15) is 5.82 Å². The molecule has 0 aliphatic heterocycles. The molecule has 0 radical (unpaired) electrons. The molecule has 0 aromatic carbocycles. The normalized spacial score (nSPS) is 12.6. The first kappa shape index (κ1) is 10.3. The number of rotatable bonds is 3. The number of aromatic nitrogens is 4. The lowest BCUT2D eigenvalue weighted by molar-refractivity contribution is -0.144. The Labute approximate surface area is 90.7 Å². The number of aryl methyl sites for hydroxylation is 1. The van der Waals surface area contributed by atoms with Crippen LogP contribution in [0.2, 0.25) is 0 Å². The van der Waals surface area contributed by atoms with Crippen molar-refractivity contribution in [3.05, 3.63) is 18.2 Å². The molecule has 16 heavy (non-hydrogen) atoms. The van der Waals surface area contributed by atoms with Crippen molar-refractivity contribution >= 4 is 11.6 Å². The molecule has 0 amide bonds. The molecular formula is C9H10N4O3. The third kappa shape index (κ3) is 1.67. The van der Waals surface area contributed by atoms with Crippen LogP contribution >= 0.6 is 0 Å². The first-order chi connectivity index (χ1) is 7.59. The van der Waals surface area contributed by atoms with Gasteiger partial charge in [-0.2, -0.15) is 0 Å². The van der Waals surface area contributed by atoms with Gasteiger partial charge in [0.05, 0.1) is 0 Å². The lowest BCUT2D eigenvalue weighted by Crippen LogP contribution is -2.23. The van der Waals surface area contributed by atoms with Gasteiger partial charge in [-0.1, -0.05) is 0 Å². The minimum Gasteiger partial charge on any atom is -0.479 e. The molecule has 2 rings (SSSR count). The third-order valence-electron chi connectivity index (χ3n) is 2.10. The van der Waals surface area contributed by atoms with Gasteiger partial charge in [0.25, 0.3) is 5.88 Å². The van der Waals surface area contributed by atoms with E-state index in [9.17, 15) is 4.79 Å². The molecule has 1 N–H and O–H groups in total. The van der Waals surface area contributed by atoms with Gasteiger partial charge in [0.15, 0.2) is 6.10 Å². The van der Waals surface area contributed by atoms with Gasteiger partial charge in [-0.05, 0) is 13.8 Å². The number of carboxylic acid groups (broad SMARTS) is 1. The zero-order valence-electron chi connectivity index (χ0n) is 8.78. The number of nitrogens with zero attached hydrogens (tertiary/aromatic N) is 4. The second kappa shape index (κ2) is 3.76. The van der Waals surface area contributed by atoms with Crippen molar-refractivity contribution in [3.8, 4) is 5.88 Å². The Morgan fingerprint density at radius 3 is 3.00 bits per heavy atom. The lowest BCUT2D eigenvalue weighted by atomic mass is 10.4. The van der Waals surface area contributed by atoms with Gasteiger partial charge in [0.2, 0.25) is 5.65 Å². The fourth-order valence-electron chi connectivity index (χ4n) is 1.22. The van der Waals surface area contributed by atoms with Gasteiger partial charge in [0, 0.05) is 12.4 Å². The maximum atomic E-state index is 10.6. The van der Waals surface area contributed by atoms with E-state index in [4.69, 9.17) is 9.84 Å². The Balaban J connectivity index is 2.41. The molecule has 1 atom stereocenters. The smallest absolute Gasteiger partial charge is 0.344 e. The molecule has 0 aliphatic carbocycles. The average molecular weight is 222 g/mol. The highest BCUT2D eigenvalue weighted by molar-refractivity contribution is 5.72. The van der Waals surface area contributed by atoms with E-state index in [-0.39, 0.29) is 5.88 Å². The summed E-state index contributed by atoms with van der Waals surface area (Å²) in [7, 11) is 0. The van der Waals surface area contributed by atoms with Gasteiger partial charge >= 0.3 is 5.97 Å². The number of carbonyl (C=O) groups is 1. The van der Waals surface area contributed by atoms with Crippen molar-refractivity contribution in [2.45, 2.75) is 20.0 Å². The topological polar surface area (TPSA) is 89.6 Å². The summed E-state index contributed by atoms with van der Waals surface area (Å²) in [5.74, 6) is -0.205. The van der Waals surface area contributed by atoms with Crippen LogP contribution in [0.25, 0.3) is 5.65 Å². The molecule has 2 heterocycles. The molecular weight excluding hydrogens is 212 g/mol. The molecule has 1 unspecified atom stereocenters. The van der Waals surface area contributed by atoms with Crippen LogP contribution in [-0.4, -0.2) is 36.8 Å². The Bertz CT molecular complexity index is 537. The zero-order valence-corrected chi connectivity index (χ0v) is 8.78. The van der Waals surface area contributed by atoms with Crippen LogP contribution in [0.4, 0.5) is 0 Å². The van der Waals surface area contributed by atoms with Crippen LogP contribution in [0.3, 0.4) is 0 Å². The minimum atomic E-state index is -1.06. The van der Waals surface area contributed by atoms with Gasteiger partial charge < -0.3 is 9.84 Å². The number of hydrogen-bond acceptors (Lipinski definition) is 5. The summed E-state index contributed by atoms with van der Waals surface area (Å²) in [5.41, 5.74) is 0.410. The first-order valence-electron chi connectivity index (χ1n) is 4.65. The second-order valence-electron chi connectivity index (χ2n) is 3.27. The van der Waals surface area contributed by atoms with Gasteiger partial charge in [-0.15, -0.1) is 10.2 Å². The number of hydrogen-bond donors (Lipinski definition) is 1. The summed E-state index contributed by atoms with van der Waals surface area (Å²) in [6.45, 7) is 3.21. The largest absolute Gasteiger partial charge is 0.479 e. The number of fused-ring (bicyclic) bond motifs is 1. The lowest BCUT2D eigenvalue weighted by Gasteiger charge is -2.09. The van der Waals surface area contributed by atoms with Crippen molar-refractivity contribution in [2.75, 3.05) is 0 Å². The molecule has 0 saturated carbocycles. The van der Waals surface area contributed by atoms with E-state index in [1.165, 1.54) is 13.1 Å². The summed E-state index contributed by atoms with van der Waals surface area (Å²) >= 11 is 0. The average Bonchev–Trinajstić information content (AvgIpc) is 2.62. The predicted molar refractivity (Wildman–Crippen MR) is 53.2 cm³/mol. The fourth-order valence-corrected chi connectivity index (χ4v) is 1.22. The van der Waals surface area contributed by atoms with E-state index >= 15 is 0 Å². The minimum absolute atomic E-state index is 0.165. The highest BCUT2D eigenvalue weighted by Crippen LogP contribution is 2.15. The summed E-state index contributed by atoms with van der Waals surface area (Å²) in [6.07, 6.45) is 2.21. The number of aliphatic carboxylic acids is 1. The summed E-state index contributed by atoms with van der Waals surface area (Å²) < 4.78 is 6.85. The summed E-state index contributed by atoms with van der Waals surface area (Å²) in [4.78, 5) is 14.6. The van der Waals surface area contributed by atoms with Crippen molar-refractivity contribution in [1.82, 2.24) is 19.6 Å². The first-order valence-corrected chi connectivity index (χ1v) is 4.65. The molecule has 7 heteroatoms. The van der Waals surface area contributed by atoms with E-state index in [1.807, 2.05) is 0 Å². The molecule has 0 aliphatic rings. The van der Waals surface area contributed by atoms with Crippen LogP contribution in [-0.2, 0) is 4.79 Å². The van der Waals surface area contributed by atoms with Gasteiger partial charge in [-0.3, -0.25) is 4.40 Å². The maximum absolute atomic E-state index is 10.6. The second-order valence-corrected chi connectivity index (χ2v) is 3.27. The van der Waals surface area contributed by atoms with E-state index in [0.29, 0.717) is 11.5 Å².